The van der Waals surface area contributed by atoms with Crippen molar-refractivity contribution in [2.24, 2.45) is 0 Å². The molecule has 1 aliphatic rings. The van der Waals surface area contributed by atoms with E-state index in [1.54, 1.807) is 0 Å². The normalized spacial score (nSPS) is 20.2. The van der Waals surface area contributed by atoms with Gasteiger partial charge in [0.15, 0.2) is 5.78 Å². The summed E-state index contributed by atoms with van der Waals surface area (Å²) in [5, 5.41) is 0. The molecule has 0 aromatic heterocycles. The van der Waals surface area contributed by atoms with Crippen molar-refractivity contribution in [2.75, 3.05) is 19.8 Å². The molecule has 1 saturated heterocycles. The summed E-state index contributed by atoms with van der Waals surface area (Å²) in [5.41, 5.74) is 2.33. The van der Waals surface area contributed by atoms with Gasteiger partial charge in [-0.25, -0.2) is 0 Å². The third kappa shape index (κ3) is 3.38. The number of ether oxygens (including phenoxy) is 2. The molecule has 0 N–H and O–H groups in total. The summed E-state index contributed by atoms with van der Waals surface area (Å²) in [4.78, 5) is 11.9. The van der Waals surface area contributed by atoms with Crippen molar-refractivity contribution in [2.45, 2.75) is 25.9 Å². The number of ketones is 1. The number of carbonyl (C=O) groups is 1. The first-order chi connectivity index (χ1) is 8.29. The summed E-state index contributed by atoms with van der Waals surface area (Å²) in [5.74, 6) is 0.106. The van der Waals surface area contributed by atoms with Crippen LogP contribution in [0.1, 0.15) is 18.1 Å². The van der Waals surface area contributed by atoms with E-state index in [9.17, 15) is 4.79 Å². The van der Waals surface area contributed by atoms with Crippen LogP contribution < -0.4 is 0 Å². The molecule has 1 aromatic rings. The second kappa shape index (κ2) is 5.94. The fourth-order valence-electron chi connectivity index (χ4n) is 1.88. The number of aryl methyl sites for hydroxylation is 1. The fourth-order valence-corrected chi connectivity index (χ4v) is 1.88. The molecule has 92 valence electrons. The maximum Gasteiger partial charge on any atom is 0.168 e. The Balaban J connectivity index is 1.92. The van der Waals surface area contributed by atoms with E-state index in [0.29, 0.717) is 26.2 Å². The number of hydrogen-bond donors (Lipinski definition) is 0. The van der Waals surface area contributed by atoms with Gasteiger partial charge < -0.3 is 9.47 Å². The Morgan fingerprint density at radius 1 is 1.24 bits per heavy atom. The molecule has 0 radical (unpaired) electrons. The lowest BCUT2D eigenvalue weighted by molar-refractivity contribution is -0.144. The first-order valence-electron chi connectivity index (χ1n) is 6.09. The number of hydrogen-bond acceptors (Lipinski definition) is 3. The zero-order chi connectivity index (χ0) is 12.1. The van der Waals surface area contributed by atoms with E-state index in [0.717, 1.165) is 12.0 Å². The average molecular weight is 234 g/mol. The molecule has 0 spiro atoms. The third-order valence-electron chi connectivity index (χ3n) is 2.98. The Kier molecular flexibility index (Phi) is 4.29. The maximum atomic E-state index is 11.9. The fraction of sp³-hybridized carbons (Fsp3) is 0.500. The van der Waals surface area contributed by atoms with Crippen LogP contribution in [0, 0.1) is 0 Å². The van der Waals surface area contributed by atoms with Crippen LogP contribution in [0.25, 0.3) is 0 Å². The Hall–Kier alpha value is -1.19. The topological polar surface area (TPSA) is 35.5 Å². The van der Waals surface area contributed by atoms with Crippen molar-refractivity contribution in [1.82, 2.24) is 0 Å². The Morgan fingerprint density at radius 2 is 1.94 bits per heavy atom. The van der Waals surface area contributed by atoms with Crippen molar-refractivity contribution in [3.8, 4) is 0 Å². The molecule has 1 heterocycles. The summed E-state index contributed by atoms with van der Waals surface area (Å²) in [6, 6.07) is 8.17. The van der Waals surface area contributed by atoms with Gasteiger partial charge in [0.05, 0.1) is 19.8 Å². The highest BCUT2D eigenvalue weighted by atomic mass is 16.6. The first kappa shape index (κ1) is 12.3. The summed E-state index contributed by atoms with van der Waals surface area (Å²) in [7, 11) is 0. The van der Waals surface area contributed by atoms with Gasteiger partial charge in [0, 0.05) is 6.42 Å². The van der Waals surface area contributed by atoms with Crippen LogP contribution in [0.15, 0.2) is 24.3 Å². The van der Waals surface area contributed by atoms with Gasteiger partial charge in [-0.2, -0.15) is 0 Å². The zero-order valence-electron chi connectivity index (χ0n) is 10.1. The van der Waals surface area contributed by atoms with Crippen molar-refractivity contribution in [3.05, 3.63) is 35.4 Å². The van der Waals surface area contributed by atoms with Gasteiger partial charge in [-0.3, -0.25) is 4.79 Å². The molecule has 0 saturated carbocycles. The first-order valence-corrected chi connectivity index (χ1v) is 6.09. The van der Waals surface area contributed by atoms with Crippen LogP contribution in [-0.4, -0.2) is 31.7 Å². The predicted molar refractivity (Wildman–Crippen MR) is 65.1 cm³/mol. The van der Waals surface area contributed by atoms with Crippen molar-refractivity contribution in [1.29, 1.82) is 0 Å². The van der Waals surface area contributed by atoms with Crippen LogP contribution in [0.4, 0.5) is 0 Å². The molecular weight excluding hydrogens is 216 g/mol. The minimum absolute atomic E-state index is 0.106. The molecule has 0 aliphatic carbocycles. The predicted octanol–water partition coefficient (Wildman–Crippen LogP) is 1.78. The summed E-state index contributed by atoms with van der Waals surface area (Å²) in [6.45, 7) is 3.62. The van der Waals surface area contributed by atoms with Crippen LogP contribution in [0.2, 0.25) is 0 Å². The van der Waals surface area contributed by atoms with Gasteiger partial charge in [-0.1, -0.05) is 31.2 Å². The van der Waals surface area contributed by atoms with Crippen molar-refractivity contribution >= 4 is 5.78 Å². The van der Waals surface area contributed by atoms with E-state index in [-0.39, 0.29) is 11.9 Å². The summed E-state index contributed by atoms with van der Waals surface area (Å²) >= 11 is 0. The molecule has 2 rings (SSSR count). The molecule has 3 nitrogen and oxygen atoms in total. The second-order valence-corrected chi connectivity index (χ2v) is 4.25. The molecular formula is C14H18O3. The van der Waals surface area contributed by atoms with Crippen LogP contribution in [0.5, 0.6) is 0 Å². The van der Waals surface area contributed by atoms with Crippen LogP contribution >= 0.6 is 0 Å². The lowest BCUT2D eigenvalue weighted by Crippen LogP contribution is -2.36. The SMILES string of the molecule is CCc1ccc(CC(=O)C2COCCO2)cc1. The smallest absolute Gasteiger partial charge is 0.168 e. The van der Waals surface area contributed by atoms with Crippen LogP contribution in [0.3, 0.4) is 0 Å². The van der Waals surface area contributed by atoms with E-state index in [1.165, 1.54) is 5.56 Å². The Bertz CT molecular complexity index is 364. The highest BCUT2D eigenvalue weighted by Crippen LogP contribution is 2.09. The molecule has 1 unspecified atom stereocenters. The molecule has 1 aliphatic heterocycles. The number of carbonyl (C=O) groups excluding carboxylic acids is 1. The van der Waals surface area contributed by atoms with E-state index in [2.05, 4.69) is 19.1 Å². The highest BCUT2D eigenvalue weighted by molar-refractivity contribution is 5.85. The van der Waals surface area contributed by atoms with E-state index >= 15 is 0 Å². The molecule has 1 aromatic carbocycles. The Morgan fingerprint density at radius 3 is 2.53 bits per heavy atom. The van der Waals surface area contributed by atoms with Gasteiger partial charge in [0.1, 0.15) is 6.10 Å². The molecule has 1 atom stereocenters. The Labute approximate surface area is 102 Å². The van der Waals surface area contributed by atoms with Crippen molar-refractivity contribution in [3.63, 3.8) is 0 Å². The summed E-state index contributed by atoms with van der Waals surface area (Å²) < 4.78 is 10.6. The third-order valence-corrected chi connectivity index (χ3v) is 2.98. The quantitative estimate of drug-likeness (QED) is 0.796. The number of rotatable bonds is 4. The van der Waals surface area contributed by atoms with Gasteiger partial charge in [0.25, 0.3) is 0 Å². The largest absolute Gasteiger partial charge is 0.376 e. The van der Waals surface area contributed by atoms with E-state index in [1.807, 2.05) is 12.1 Å². The highest BCUT2D eigenvalue weighted by Gasteiger charge is 2.22. The van der Waals surface area contributed by atoms with Gasteiger partial charge in [-0.15, -0.1) is 0 Å². The minimum atomic E-state index is -0.380. The minimum Gasteiger partial charge on any atom is -0.376 e. The molecule has 0 bridgehead atoms. The molecule has 3 heteroatoms. The van der Waals surface area contributed by atoms with E-state index in [4.69, 9.17) is 9.47 Å². The van der Waals surface area contributed by atoms with Gasteiger partial charge >= 0.3 is 0 Å². The lowest BCUT2D eigenvalue weighted by atomic mass is 10.0. The van der Waals surface area contributed by atoms with Crippen molar-refractivity contribution < 1.29 is 14.3 Å². The van der Waals surface area contributed by atoms with Crippen LogP contribution in [-0.2, 0) is 27.1 Å². The number of Topliss-reactive ketones (excluding diaryl/α,β-unsaturated/α-hetero) is 1. The molecule has 17 heavy (non-hydrogen) atoms. The number of benzene rings is 1. The lowest BCUT2D eigenvalue weighted by Gasteiger charge is -2.21. The standard InChI is InChI=1S/C14H18O3/c1-2-11-3-5-12(6-4-11)9-13(15)14-10-16-7-8-17-14/h3-6,14H,2,7-10H2,1H3. The van der Waals surface area contributed by atoms with E-state index < -0.39 is 0 Å². The monoisotopic (exact) mass is 234 g/mol. The summed E-state index contributed by atoms with van der Waals surface area (Å²) in [6.07, 6.45) is 1.07. The maximum absolute atomic E-state index is 11.9. The molecule has 1 fully saturated rings. The molecule has 0 amide bonds. The zero-order valence-corrected chi connectivity index (χ0v) is 10.1. The van der Waals surface area contributed by atoms with Gasteiger partial charge in [0.2, 0.25) is 0 Å². The average Bonchev–Trinajstić information content (AvgIpc) is 2.40. The van der Waals surface area contributed by atoms with Gasteiger partial charge in [-0.05, 0) is 17.5 Å². The second-order valence-electron chi connectivity index (χ2n) is 4.25.